The molecule has 0 spiro atoms. The molecule has 0 bridgehead atoms. The highest BCUT2D eigenvalue weighted by molar-refractivity contribution is 7.91. The minimum atomic E-state index is -2.81. The number of hydrogen-bond donors (Lipinski definition) is 1. The van der Waals surface area contributed by atoms with E-state index in [4.69, 9.17) is 0 Å². The SMILES string of the molecule is O=S1(=O)CCC(C2CNCCC2F)CC1. The van der Waals surface area contributed by atoms with Crippen molar-refractivity contribution in [2.75, 3.05) is 24.6 Å². The van der Waals surface area contributed by atoms with Crippen LogP contribution in [0.25, 0.3) is 0 Å². The lowest BCUT2D eigenvalue weighted by atomic mass is 9.81. The van der Waals surface area contributed by atoms with Crippen molar-refractivity contribution < 1.29 is 12.8 Å². The van der Waals surface area contributed by atoms with Gasteiger partial charge < -0.3 is 5.32 Å². The Kier molecular flexibility index (Phi) is 3.30. The Hall–Kier alpha value is -0.160. The van der Waals surface area contributed by atoms with Crippen LogP contribution in [0.2, 0.25) is 0 Å². The van der Waals surface area contributed by atoms with Gasteiger partial charge in [0.2, 0.25) is 0 Å². The monoisotopic (exact) mass is 235 g/mol. The molecule has 2 aliphatic rings. The predicted octanol–water partition coefficient (Wildman–Crippen LogP) is 0.759. The quantitative estimate of drug-likeness (QED) is 0.730. The Bertz CT molecular complexity index is 303. The van der Waals surface area contributed by atoms with E-state index in [0.717, 1.165) is 6.54 Å². The number of rotatable bonds is 1. The molecule has 15 heavy (non-hydrogen) atoms. The summed E-state index contributed by atoms with van der Waals surface area (Å²) < 4.78 is 36.1. The third kappa shape index (κ3) is 2.69. The summed E-state index contributed by atoms with van der Waals surface area (Å²) in [6.45, 7) is 1.47. The van der Waals surface area contributed by atoms with E-state index in [0.29, 0.717) is 25.8 Å². The zero-order valence-corrected chi connectivity index (χ0v) is 9.60. The van der Waals surface area contributed by atoms with Gasteiger partial charge in [-0.05, 0) is 31.7 Å². The minimum Gasteiger partial charge on any atom is -0.316 e. The van der Waals surface area contributed by atoms with Crippen LogP contribution in [0.1, 0.15) is 19.3 Å². The summed E-state index contributed by atoms with van der Waals surface area (Å²) in [4.78, 5) is 0. The predicted molar refractivity (Wildman–Crippen MR) is 57.3 cm³/mol. The lowest BCUT2D eigenvalue weighted by Gasteiger charge is -2.35. The molecule has 1 N–H and O–H groups in total. The van der Waals surface area contributed by atoms with Gasteiger partial charge in [0.1, 0.15) is 16.0 Å². The number of nitrogens with one attached hydrogen (secondary N) is 1. The standard InChI is InChI=1S/C10H18FNO2S/c11-10-1-4-12-7-9(10)8-2-5-15(13,14)6-3-8/h8-10,12H,1-7H2. The fraction of sp³-hybridized carbons (Fsp3) is 1.00. The van der Waals surface area contributed by atoms with Gasteiger partial charge in [0.15, 0.2) is 0 Å². The van der Waals surface area contributed by atoms with Crippen molar-refractivity contribution in [3.63, 3.8) is 0 Å². The van der Waals surface area contributed by atoms with E-state index in [1.807, 2.05) is 0 Å². The highest BCUT2D eigenvalue weighted by Gasteiger charge is 2.35. The molecule has 2 heterocycles. The van der Waals surface area contributed by atoms with E-state index < -0.39 is 16.0 Å². The normalized spacial score (nSPS) is 37.7. The van der Waals surface area contributed by atoms with Crippen LogP contribution in [0.3, 0.4) is 0 Å². The zero-order chi connectivity index (χ0) is 10.9. The van der Waals surface area contributed by atoms with Gasteiger partial charge in [0.25, 0.3) is 0 Å². The molecule has 5 heteroatoms. The molecule has 0 amide bonds. The van der Waals surface area contributed by atoms with Gasteiger partial charge in [-0.1, -0.05) is 0 Å². The third-order valence-electron chi connectivity index (χ3n) is 3.65. The first-order chi connectivity index (χ1) is 7.08. The van der Waals surface area contributed by atoms with Crippen molar-refractivity contribution >= 4 is 9.84 Å². The lowest BCUT2D eigenvalue weighted by Crippen LogP contribution is -2.43. The number of halogens is 1. The summed E-state index contributed by atoms with van der Waals surface area (Å²) in [6, 6.07) is 0. The number of piperidine rings is 1. The van der Waals surface area contributed by atoms with E-state index in [1.54, 1.807) is 0 Å². The summed E-state index contributed by atoms with van der Waals surface area (Å²) >= 11 is 0. The molecule has 0 aliphatic carbocycles. The molecule has 3 nitrogen and oxygen atoms in total. The van der Waals surface area contributed by atoms with E-state index in [2.05, 4.69) is 5.32 Å². The van der Waals surface area contributed by atoms with E-state index >= 15 is 0 Å². The Labute approximate surface area is 90.4 Å². The molecule has 2 atom stereocenters. The molecule has 88 valence electrons. The maximum absolute atomic E-state index is 13.6. The van der Waals surface area contributed by atoms with Crippen LogP contribution < -0.4 is 5.32 Å². The van der Waals surface area contributed by atoms with Gasteiger partial charge >= 0.3 is 0 Å². The number of alkyl halides is 1. The van der Waals surface area contributed by atoms with Gasteiger partial charge in [-0.25, -0.2) is 12.8 Å². The van der Waals surface area contributed by atoms with Crippen LogP contribution in [0.4, 0.5) is 4.39 Å². The van der Waals surface area contributed by atoms with Crippen molar-refractivity contribution in [3.05, 3.63) is 0 Å². The summed E-state index contributed by atoms with van der Waals surface area (Å²) in [5.74, 6) is 0.799. The number of hydrogen-bond acceptors (Lipinski definition) is 3. The molecule has 0 aromatic heterocycles. The van der Waals surface area contributed by atoms with Crippen LogP contribution in [0.5, 0.6) is 0 Å². The van der Waals surface area contributed by atoms with Gasteiger partial charge in [0, 0.05) is 12.5 Å². The van der Waals surface area contributed by atoms with Gasteiger partial charge in [-0.3, -0.25) is 0 Å². The smallest absolute Gasteiger partial charge is 0.150 e. The average Bonchev–Trinajstić information content (AvgIpc) is 2.19. The van der Waals surface area contributed by atoms with Crippen LogP contribution in [0.15, 0.2) is 0 Å². The van der Waals surface area contributed by atoms with E-state index in [9.17, 15) is 12.8 Å². The second-order valence-electron chi connectivity index (χ2n) is 4.66. The third-order valence-corrected chi connectivity index (χ3v) is 5.36. The molecule has 2 saturated heterocycles. The summed E-state index contributed by atoms with van der Waals surface area (Å²) in [5.41, 5.74) is 0. The fourth-order valence-corrected chi connectivity index (χ4v) is 4.18. The molecule has 0 aromatic carbocycles. The second-order valence-corrected chi connectivity index (χ2v) is 6.97. The van der Waals surface area contributed by atoms with Crippen LogP contribution >= 0.6 is 0 Å². The molecular weight excluding hydrogens is 217 g/mol. The number of sulfone groups is 1. The first-order valence-corrected chi connectivity index (χ1v) is 7.46. The van der Waals surface area contributed by atoms with Crippen LogP contribution in [-0.4, -0.2) is 39.2 Å². The Morgan fingerprint density at radius 1 is 1.13 bits per heavy atom. The molecule has 2 aliphatic heterocycles. The summed E-state index contributed by atoms with van der Waals surface area (Å²) in [6.07, 6.45) is 1.13. The largest absolute Gasteiger partial charge is 0.316 e. The highest BCUT2D eigenvalue weighted by atomic mass is 32.2. The fourth-order valence-electron chi connectivity index (χ4n) is 2.65. The Morgan fingerprint density at radius 3 is 2.40 bits per heavy atom. The van der Waals surface area contributed by atoms with Crippen molar-refractivity contribution in [1.82, 2.24) is 5.32 Å². The average molecular weight is 235 g/mol. The molecule has 0 saturated carbocycles. The van der Waals surface area contributed by atoms with Gasteiger partial charge in [-0.2, -0.15) is 0 Å². The lowest BCUT2D eigenvalue weighted by molar-refractivity contribution is 0.119. The summed E-state index contributed by atoms with van der Waals surface area (Å²) in [5, 5.41) is 3.19. The van der Waals surface area contributed by atoms with Crippen molar-refractivity contribution in [2.24, 2.45) is 11.8 Å². The van der Waals surface area contributed by atoms with Crippen molar-refractivity contribution in [3.8, 4) is 0 Å². The molecule has 2 rings (SSSR count). The van der Waals surface area contributed by atoms with Crippen molar-refractivity contribution in [1.29, 1.82) is 0 Å². The van der Waals surface area contributed by atoms with Gasteiger partial charge in [-0.15, -0.1) is 0 Å². The van der Waals surface area contributed by atoms with Crippen molar-refractivity contribution in [2.45, 2.75) is 25.4 Å². The molecule has 0 radical (unpaired) electrons. The zero-order valence-electron chi connectivity index (χ0n) is 8.78. The van der Waals surface area contributed by atoms with E-state index in [1.165, 1.54) is 0 Å². The second kappa shape index (κ2) is 4.37. The van der Waals surface area contributed by atoms with E-state index in [-0.39, 0.29) is 23.3 Å². The van der Waals surface area contributed by atoms with Crippen LogP contribution in [0, 0.1) is 11.8 Å². The molecular formula is C10H18FNO2S. The highest BCUT2D eigenvalue weighted by Crippen LogP contribution is 2.31. The molecule has 2 unspecified atom stereocenters. The molecule has 0 aromatic rings. The first kappa shape index (κ1) is 11.3. The minimum absolute atomic E-state index is 0.0363. The van der Waals surface area contributed by atoms with Crippen LogP contribution in [-0.2, 0) is 9.84 Å². The topological polar surface area (TPSA) is 46.2 Å². The maximum Gasteiger partial charge on any atom is 0.150 e. The summed E-state index contributed by atoms with van der Waals surface area (Å²) in [7, 11) is -2.81. The first-order valence-electron chi connectivity index (χ1n) is 5.64. The Balaban J connectivity index is 1.94. The molecule has 2 fully saturated rings. The van der Waals surface area contributed by atoms with Gasteiger partial charge in [0.05, 0.1) is 11.5 Å². The Morgan fingerprint density at radius 2 is 1.80 bits per heavy atom. The maximum atomic E-state index is 13.6.